The van der Waals surface area contributed by atoms with Gasteiger partial charge in [0.15, 0.2) is 0 Å². The van der Waals surface area contributed by atoms with Crippen molar-refractivity contribution in [3.8, 4) is 0 Å². The number of fused-ring (bicyclic) bond motifs is 2. The van der Waals surface area contributed by atoms with E-state index in [0.29, 0.717) is 30.0 Å². The van der Waals surface area contributed by atoms with Gasteiger partial charge >= 0.3 is 0 Å². The number of hydrogen-bond donors (Lipinski definition) is 2. The smallest absolute Gasteiger partial charge is 0.0381 e. The molecule has 1 aromatic rings. The summed E-state index contributed by atoms with van der Waals surface area (Å²) in [6.45, 7) is 6.90. The topological polar surface area (TPSA) is 41.3 Å². The van der Waals surface area contributed by atoms with Crippen LogP contribution in [0.1, 0.15) is 56.1 Å². The lowest BCUT2D eigenvalue weighted by Crippen LogP contribution is -2.54. The fraction of sp³-hybridized carbons (Fsp3) is 0.667. The first-order valence-corrected chi connectivity index (χ1v) is 8.58. The molecular weight excluding hydrogens is 258 g/mol. The first-order chi connectivity index (χ1) is 10.2. The minimum absolute atomic E-state index is 0.331. The standard InChI is InChI=1S/C18H27N3/c1-3-7-21-10-12(19)8-15-13-5-4-6-16-18(13)14(9-17(15)21)11(2)20-16/h4-6,11-12,14-15,17,20H,3,7-10,19H2,1-2H3/t11?,12-,14+,15?,17+/m0/s1. The van der Waals surface area contributed by atoms with E-state index in [9.17, 15) is 0 Å². The van der Waals surface area contributed by atoms with E-state index in [4.69, 9.17) is 5.73 Å². The van der Waals surface area contributed by atoms with Gasteiger partial charge in [-0.1, -0.05) is 19.1 Å². The molecule has 0 radical (unpaired) electrons. The van der Waals surface area contributed by atoms with Crippen LogP contribution in [0.4, 0.5) is 5.69 Å². The number of nitrogens with one attached hydrogen (secondary N) is 1. The molecule has 1 aromatic carbocycles. The van der Waals surface area contributed by atoms with Crippen LogP contribution in [0.2, 0.25) is 0 Å². The predicted octanol–water partition coefficient (Wildman–Crippen LogP) is 2.88. The number of hydrogen-bond acceptors (Lipinski definition) is 3. The lowest BCUT2D eigenvalue weighted by Gasteiger charge is -2.48. The molecule has 2 aliphatic heterocycles. The van der Waals surface area contributed by atoms with Gasteiger partial charge in [0.2, 0.25) is 0 Å². The van der Waals surface area contributed by atoms with Crippen molar-refractivity contribution in [1.29, 1.82) is 0 Å². The summed E-state index contributed by atoms with van der Waals surface area (Å²) < 4.78 is 0. The van der Waals surface area contributed by atoms with Gasteiger partial charge in [-0.3, -0.25) is 4.90 Å². The maximum absolute atomic E-state index is 6.38. The second kappa shape index (κ2) is 4.99. The summed E-state index contributed by atoms with van der Waals surface area (Å²) in [7, 11) is 0. The number of piperidine rings is 1. The highest BCUT2D eigenvalue weighted by atomic mass is 15.2. The Morgan fingerprint density at radius 2 is 2.14 bits per heavy atom. The van der Waals surface area contributed by atoms with E-state index in [0.717, 1.165) is 13.0 Å². The lowest BCUT2D eigenvalue weighted by molar-refractivity contribution is 0.0918. The third kappa shape index (κ3) is 2.01. The van der Waals surface area contributed by atoms with Crippen molar-refractivity contribution in [2.45, 2.75) is 63.1 Å². The number of anilines is 1. The van der Waals surface area contributed by atoms with Gasteiger partial charge in [-0.05, 0) is 49.9 Å². The summed E-state index contributed by atoms with van der Waals surface area (Å²) in [5.74, 6) is 1.32. The fourth-order valence-corrected chi connectivity index (χ4v) is 5.06. The van der Waals surface area contributed by atoms with Crippen LogP contribution in [0.5, 0.6) is 0 Å². The van der Waals surface area contributed by atoms with Crippen molar-refractivity contribution in [3.63, 3.8) is 0 Å². The molecule has 1 fully saturated rings. The summed E-state index contributed by atoms with van der Waals surface area (Å²) in [5.41, 5.74) is 11.0. The molecule has 3 aliphatic rings. The highest BCUT2D eigenvalue weighted by molar-refractivity contribution is 5.64. The van der Waals surface area contributed by atoms with E-state index in [1.165, 1.54) is 25.1 Å². The monoisotopic (exact) mass is 285 g/mol. The largest absolute Gasteiger partial charge is 0.382 e. The molecule has 3 nitrogen and oxygen atoms in total. The van der Waals surface area contributed by atoms with Crippen molar-refractivity contribution in [2.24, 2.45) is 5.73 Å². The van der Waals surface area contributed by atoms with Crippen LogP contribution in [0.15, 0.2) is 18.2 Å². The van der Waals surface area contributed by atoms with Gasteiger partial charge < -0.3 is 11.1 Å². The molecule has 114 valence electrons. The molecule has 5 atom stereocenters. The average Bonchev–Trinajstić information content (AvgIpc) is 2.78. The molecule has 0 spiro atoms. The Kier molecular flexibility index (Phi) is 3.23. The molecule has 0 amide bonds. The van der Waals surface area contributed by atoms with Crippen LogP contribution < -0.4 is 11.1 Å². The van der Waals surface area contributed by atoms with Crippen LogP contribution in [0.3, 0.4) is 0 Å². The van der Waals surface area contributed by atoms with Crippen LogP contribution in [-0.4, -0.2) is 36.1 Å². The van der Waals surface area contributed by atoms with Crippen molar-refractivity contribution >= 4 is 5.69 Å². The second-order valence-electron chi connectivity index (χ2n) is 7.25. The maximum atomic E-state index is 6.38. The van der Waals surface area contributed by atoms with Crippen LogP contribution >= 0.6 is 0 Å². The van der Waals surface area contributed by atoms with Gasteiger partial charge in [0.05, 0.1) is 0 Å². The Balaban J connectivity index is 1.77. The molecule has 3 N–H and O–H groups in total. The molecule has 0 aromatic heterocycles. The third-order valence-corrected chi connectivity index (χ3v) is 5.86. The van der Waals surface area contributed by atoms with E-state index in [1.807, 2.05) is 0 Å². The predicted molar refractivity (Wildman–Crippen MR) is 87.9 cm³/mol. The number of nitrogens with zero attached hydrogens (tertiary/aromatic N) is 1. The summed E-state index contributed by atoms with van der Waals surface area (Å²) >= 11 is 0. The molecule has 2 heterocycles. The zero-order valence-corrected chi connectivity index (χ0v) is 13.2. The Labute approximate surface area is 127 Å². The minimum Gasteiger partial charge on any atom is -0.382 e. The summed E-state index contributed by atoms with van der Waals surface area (Å²) in [6, 6.07) is 8.44. The van der Waals surface area contributed by atoms with Gasteiger partial charge in [0.1, 0.15) is 0 Å². The molecule has 4 rings (SSSR count). The van der Waals surface area contributed by atoms with Crippen molar-refractivity contribution in [2.75, 3.05) is 18.4 Å². The summed E-state index contributed by atoms with van der Waals surface area (Å²) in [4.78, 5) is 2.68. The molecule has 3 heteroatoms. The van der Waals surface area contributed by atoms with Gasteiger partial charge in [-0.25, -0.2) is 0 Å². The second-order valence-corrected chi connectivity index (χ2v) is 7.25. The third-order valence-electron chi connectivity index (χ3n) is 5.86. The summed E-state index contributed by atoms with van der Waals surface area (Å²) in [5, 5.41) is 3.70. The number of benzene rings is 1. The first kappa shape index (κ1) is 13.6. The fourth-order valence-electron chi connectivity index (χ4n) is 5.06. The zero-order valence-electron chi connectivity index (χ0n) is 13.2. The first-order valence-electron chi connectivity index (χ1n) is 8.58. The van der Waals surface area contributed by atoms with E-state index >= 15 is 0 Å². The lowest BCUT2D eigenvalue weighted by atomic mass is 9.68. The normalized spacial score (nSPS) is 37.8. The van der Waals surface area contributed by atoms with Crippen molar-refractivity contribution < 1.29 is 0 Å². The average molecular weight is 285 g/mol. The molecule has 0 bridgehead atoms. The minimum atomic E-state index is 0.331. The van der Waals surface area contributed by atoms with Gasteiger partial charge in [-0.2, -0.15) is 0 Å². The number of nitrogens with two attached hydrogens (primary N) is 1. The van der Waals surface area contributed by atoms with E-state index in [-0.39, 0.29) is 0 Å². The van der Waals surface area contributed by atoms with Crippen molar-refractivity contribution in [3.05, 3.63) is 29.3 Å². The van der Waals surface area contributed by atoms with Crippen LogP contribution in [0.25, 0.3) is 0 Å². The highest BCUT2D eigenvalue weighted by Crippen LogP contribution is 2.51. The van der Waals surface area contributed by atoms with Gasteiger partial charge in [-0.15, -0.1) is 0 Å². The Bertz CT molecular complexity index is 541. The van der Waals surface area contributed by atoms with Crippen LogP contribution in [-0.2, 0) is 0 Å². The van der Waals surface area contributed by atoms with E-state index in [1.54, 1.807) is 11.1 Å². The Morgan fingerprint density at radius 1 is 1.29 bits per heavy atom. The number of rotatable bonds is 2. The van der Waals surface area contributed by atoms with E-state index in [2.05, 4.69) is 42.3 Å². The van der Waals surface area contributed by atoms with Crippen molar-refractivity contribution in [1.82, 2.24) is 4.90 Å². The SMILES string of the molecule is CCCN1C[C@@H](N)CC2c3cccc4c3[C@H](C[C@H]21)C(C)N4. The van der Waals surface area contributed by atoms with Crippen LogP contribution in [0, 0.1) is 0 Å². The molecule has 1 saturated heterocycles. The molecule has 2 unspecified atom stereocenters. The zero-order chi connectivity index (χ0) is 14.6. The molecule has 0 saturated carbocycles. The molecule has 21 heavy (non-hydrogen) atoms. The van der Waals surface area contributed by atoms with Gasteiger partial charge in [0, 0.05) is 42.2 Å². The highest BCUT2D eigenvalue weighted by Gasteiger charge is 2.45. The quantitative estimate of drug-likeness (QED) is 0.878. The van der Waals surface area contributed by atoms with Gasteiger partial charge in [0.25, 0.3) is 0 Å². The molecular formula is C18H27N3. The van der Waals surface area contributed by atoms with E-state index < -0.39 is 0 Å². The number of likely N-dealkylation sites (tertiary alicyclic amines) is 1. The Morgan fingerprint density at radius 3 is 2.95 bits per heavy atom. The molecule has 1 aliphatic carbocycles. The Hall–Kier alpha value is -1.06. The summed E-state index contributed by atoms with van der Waals surface area (Å²) in [6.07, 6.45) is 3.68. The maximum Gasteiger partial charge on any atom is 0.0381 e.